The average molecular weight is 544 g/mol. The third-order valence-corrected chi connectivity index (χ3v) is 6.46. The molecule has 0 spiro atoms. The zero-order chi connectivity index (χ0) is 26.7. The molecule has 1 amide bonds. The number of nitrogens with one attached hydrogen (secondary N) is 1. The number of hydrogen-bond donors (Lipinski definition) is 1. The number of hydrogen-bond acceptors (Lipinski definition) is 9. The topological polar surface area (TPSA) is 118 Å². The molecule has 0 aliphatic rings. The largest absolute Gasteiger partial charge is 0.493 e. The van der Waals surface area contributed by atoms with E-state index in [0.717, 1.165) is 16.0 Å². The summed E-state index contributed by atoms with van der Waals surface area (Å²) in [5, 5.41) is 9.56. The zero-order valence-electron chi connectivity index (χ0n) is 20.3. The van der Waals surface area contributed by atoms with Crippen molar-refractivity contribution in [2.75, 3.05) is 33.3 Å². The van der Waals surface area contributed by atoms with Gasteiger partial charge in [-0.25, -0.2) is 4.79 Å². The second-order valence-corrected chi connectivity index (χ2v) is 8.80. The van der Waals surface area contributed by atoms with Crippen molar-refractivity contribution in [2.45, 2.75) is 6.92 Å². The van der Waals surface area contributed by atoms with Gasteiger partial charge < -0.3 is 24.3 Å². The van der Waals surface area contributed by atoms with E-state index in [1.165, 1.54) is 39.5 Å². The van der Waals surface area contributed by atoms with E-state index in [0.29, 0.717) is 28.0 Å². The molecule has 0 aliphatic carbocycles. The molecule has 0 unspecified atom stereocenters. The maximum Gasteiger partial charge on any atom is 0.359 e. The summed E-state index contributed by atoms with van der Waals surface area (Å²) < 4.78 is 22.2. The van der Waals surface area contributed by atoms with E-state index >= 15 is 0 Å². The van der Waals surface area contributed by atoms with Gasteiger partial charge in [0.2, 0.25) is 5.75 Å². The van der Waals surface area contributed by atoms with Crippen LogP contribution in [0.15, 0.2) is 46.6 Å². The van der Waals surface area contributed by atoms with E-state index in [1.807, 2.05) is 0 Å². The van der Waals surface area contributed by atoms with E-state index in [4.69, 9.17) is 30.5 Å². The Hall–Kier alpha value is -4.09. The summed E-state index contributed by atoms with van der Waals surface area (Å²) in [5.74, 6) is -0.326. The normalized spacial score (nSPS) is 10.7. The van der Waals surface area contributed by atoms with Crippen molar-refractivity contribution in [1.29, 1.82) is 0 Å². The number of nitrogens with zero attached hydrogens (tertiary/aromatic N) is 2. The quantitative estimate of drug-likeness (QED) is 0.321. The molecule has 0 saturated heterocycles. The number of thiophene rings is 1. The lowest BCUT2D eigenvalue weighted by Gasteiger charge is -2.14. The van der Waals surface area contributed by atoms with Gasteiger partial charge in [0.15, 0.2) is 17.2 Å². The Morgan fingerprint density at radius 2 is 1.78 bits per heavy atom. The number of carbonyl (C=O) groups excluding carboxylic acids is 2. The maximum atomic E-state index is 13.6. The van der Waals surface area contributed by atoms with Gasteiger partial charge in [-0.3, -0.25) is 9.59 Å². The summed E-state index contributed by atoms with van der Waals surface area (Å²) >= 11 is 7.19. The number of halogens is 1. The first-order valence-electron chi connectivity index (χ1n) is 10.9. The molecule has 1 N–H and O–H groups in total. The minimum Gasteiger partial charge on any atom is -0.493 e. The highest BCUT2D eigenvalue weighted by atomic mass is 35.5. The van der Waals surface area contributed by atoms with Crippen LogP contribution in [0.2, 0.25) is 5.02 Å². The molecule has 4 rings (SSSR count). The molecule has 192 valence electrons. The van der Waals surface area contributed by atoms with Gasteiger partial charge in [-0.05, 0) is 37.3 Å². The summed E-state index contributed by atoms with van der Waals surface area (Å²) in [6.07, 6.45) is 0. The number of amides is 1. The highest BCUT2D eigenvalue weighted by Crippen LogP contribution is 2.39. The number of carbonyl (C=O) groups is 2. The lowest BCUT2D eigenvalue weighted by molar-refractivity contribution is 0.0520. The molecular formula is C25H22ClN3O7S. The van der Waals surface area contributed by atoms with E-state index in [2.05, 4.69) is 10.4 Å². The lowest BCUT2D eigenvalue weighted by Crippen LogP contribution is -2.25. The monoisotopic (exact) mass is 543 g/mol. The van der Waals surface area contributed by atoms with Crippen LogP contribution in [0.4, 0.5) is 5.00 Å². The Morgan fingerprint density at radius 3 is 2.38 bits per heavy atom. The predicted octanol–water partition coefficient (Wildman–Crippen LogP) is 4.56. The minimum absolute atomic E-state index is 0.0686. The van der Waals surface area contributed by atoms with Crippen molar-refractivity contribution in [3.8, 4) is 22.9 Å². The van der Waals surface area contributed by atoms with E-state index in [-0.39, 0.29) is 33.6 Å². The van der Waals surface area contributed by atoms with Gasteiger partial charge >= 0.3 is 5.97 Å². The van der Waals surface area contributed by atoms with Crippen LogP contribution in [0.25, 0.3) is 16.5 Å². The molecule has 10 nitrogen and oxygen atoms in total. The number of rotatable bonds is 8. The molecule has 0 bridgehead atoms. The summed E-state index contributed by atoms with van der Waals surface area (Å²) in [4.78, 5) is 39.5. The van der Waals surface area contributed by atoms with Gasteiger partial charge in [0.05, 0.1) is 39.0 Å². The second kappa shape index (κ2) is 10.9. The molecule has 2 heterocycles. The number of benzene rings is 2. The lowest BCUT2D eigenvalue weighted by atomic mass is 10.1. The molecule has 0 radical (unpaired) electrons. The third-order valence-electron chi connectivity index (χ3n) is 5.33. The SMILES string of the molecule is CCOC(=O)c1nn(-c2cccc(Cl)c2)c(=O)c2c(NC(=O)c3cc(OC)c(OC)c(OC)c3)scc12. The van der Waals surface area contributed by atoms with E-state index in [1.54, 1.807) is 30.5 Å². The fourth-order valence-corrected chi connectivity index (χ4v) is 4.78. The molecule has 0 fully saturated rings. The van der Waals surface area contributed by atoms with Crippen LogP contribution in [0, 0.1) is 0 Å². The fourth-order valence-electron chi connectivity index (χ4n) is 3.66. The third kappa shape index (κ3) is 4.95. The molecule has 37 heavy (non-hydrogen) atoms. The Labute approximate surface area is 220 Å². The first-order valence-corrected chi connectivity index (χ1v) is 12.2. The van der Waals surface area contributed by atoms with Crippen LogP contribution in [0.3, 0.4) is 0 Å². The molecule has 0 atom stereocenters. The summed E-state index contributed by atoms with van der Waals surface area (Å²) in [6, 6.07) is 9.44. The minimum atomic E-state index is -0.705. The molecule has 2 aromatic carbocycles. The van der Waals surface area contributed by atoms with Gasteiger partial charge in [0.25, 0.3) is 11.5 Å². The number of fused-ring (bicyclic) bond motifs is 1. The summed E-state index contributed by atoms with van der Waals surface area (Å²) in [5.41, 5.74) is -0.0725. The average Bonchev–Trinajstić information content (AvgIpc) is 3.31. The van der Waals surface area contributed by atoms with Gasteiger partial charge in [0, 0.05) is 21.4 Å². The van der Waals surface area contributed by atoms with Crippen molar-refractivity contribution >= 4 is 50.6 Å². The summed E-state index contributed by atoms with van der Waals surface area (Å²) in [7, 11) is 4.33. The predicted molar refractivity (Wildman–Crippen MR) is 140 cm³/mol. The standard InChI is InChI=1S/C25H22ClN3O7S/c1-5-36-25(32)20-16-12-37-23(19(16)24(31)29(28-20)15-8-6-7-14(26)11-15)27-22(30)13-9-17(33-2)21(35-4)18(10-13)34-3/h6-12H,5H2,1-4H3,(H,27,30). The van der Waals surface area contributed by atoms with Crippen molar-refractivity contribution in [2.24, 2.45) is 0 Å². The fraction of sp³-hybridized carbons (Fsp3) is 0.200. The number of anilines is 1. The Kier molecular flexibility index (Phi) is 7.65. The van der Waals surface area contributed by atoms with Crippen molar-refractivity contribution in [1.82, 2.24) is 9.78 Å². The number of esters is 1. The van der Waals surface area contributed by atoms with Crippen LogP contribution >= 0.6 is 22.9 Å². The molecule has 4 aromatic rings. The first kappa shape index (κ1) is 26.0. The van der Waals surface area contributed by atoms with Crippen molar-refractivity contribution < 1.29 is 28.5 Å². The van der Waals surface area contributed by atoms with Gasteiger partial charge in [-0.2, -0.15) is 9.78 Å². The number of ether oxygens (including phenoxy) is 4. The van der Waals surface area contributed by atoms with Gasteiger partial charge in [-0.1, -0.05) is 17.7 Å². The van der Waals surface area contributed by atoms with Crippen molar-refractivity contribution in [3.05, 3.63) is 68.4 Å². The molecule has 2 aromatic heterocycles. The van der Waals surface area contributed by atoms with E-state index < -0.39 is 17.4 Å². The van der Waals surface area contributed by atoms with Crippen molar-refractivity contribution in [3.63, 3.8) is 0 Å². The number of aromatic nitrogens is 2. The second-order valence-electron chi connectivity index (χ2n) is 7.49. The highest BCUT2D eigenvalue weighted by molar-refractivity contribution is 7.16. The van der Waals surface area contributed by atoms with Crippen LogP contribution < -0.4 is 25.1 Å². The maximum absolute atomic E-state index is 13.6. The number of methoxy groups -OCH3 is 3. The Balaban J connectivity index is 1.86. The van der Waals surface area contributed by atoms with Gasteiger partial charge in [0.1, 0.15) is 5.00 Å². The van der Waals surface area contributed by atoms with E-state index in [9.17, 15) is 14.4 Å². The van der Waals surface area contributed by atoms with Crippen LogP contribution in [-0.2, 0) is 4.74 Å². The smallest absolute Gasteiger partial charge is 0.359 e. The molecule has 0 saturated carbocycles. The van der Waals surface area contributed by atoms with Gasteiger partial charge in [-0.15, -0.1) is 11.3 Å². The first-order chi connectivity index (χ1) is 17.8. The summed E-state index contributed by atoms with van der Waals surface area (Å²) in [6.45, 7) is 1.78. The van der Waals surface area contributed by atoms with Crippen LogP contribution in [0.1, 0.15) is 27.8 Å². The van der Waals surface area contributed by atoms with Crippen LogP contribution in [-0.4, -0.2) is 49.6 Å². The molecule has 12 heteroatoms. The molecular weight excluding hydrogens is 522 g/mol. The Morgan fingerprint density at radius 1 is 1.08 bits per heavy atom. The molecule has 0 aliphatic heterocycles. The zero-order valence-corrected chi connectivity index (χ0v) is 21.9. The Bertz CT molecular complexity index is 1540. The highest BCUT2D eigenvalue weighted by Gasteiger charge is 2.24. The van der Waals surface area contributed by atoms with Crippen LogP contribution in [0.5, 0.6) is 17.2 Å².